The summed E-state index contributed by atoms with van der Waals surface area (Å²) in [7, 11) is 0. The molecule has 1 aliphatic heterocycles. The number of imidazole rings is 1. The third kappa shape index (κ3) is 3.10. The van der Waals surface area contributed by atoms with Crippen molar-refractivity contribution >= 4 is 11.2 Å². The van der Waals surface area contributed by atoms with Gasteiger partial charge < -0.3 is 14.4 Å². The summed E-state index contributed by atoms with van der Waals surface area (Å²) < 4.78 is 15.2. The van der Waals surface area contributed by atoms with Crippen LogP contribution in [0.15, 0.2) is 48.9 Å². The lowest BCUT2D eigenvalue weighted by molar-refractivity contribution is 0.0871. The smallest absolute Gasteiger partial charge is 0.123 e. The second-order valence-electron chi connectivity index (χ2n) is 7.88. The van der Waals surface area contributed by atoms with Crippen LogP contribution < -0.4 is 4.90 Å². The van der Waals surface area contributed by atoms with Crippen molar-refractivity contribution in [2.45, 2.75) is 37.7 Å². The predicted molar refractivity (Wildman–Crippen MR) is 103 cm³/mol. The molecule has 1 saturated carbocycles. The van der Waals surface area contributed by atoms with E-state index in [9.17, 15) is 9.50 Å². The Morgan fingerprint density at radius 2 is 1.74 bits per heavy atom. The third-order valence-corrected chi connectivity index (χ3v) is 6.13. The summed E-state index contributed by atoms with van der Waals surface area (Å²) >= 11 is 0. The number of piperidine rings is 1. The molecule has 1 saturated heterocycles. The first-order valence-corrected chi connectivity index (χ1v) is 9.84. The van der Waals surface area contributed by atoms with Crippen LogP contribution in [0.1, 0.15) is 49.0 Å². The first kappa shape index (κ1) is 16.8. The van der Waals surface area contributed by atoms with E-state index in [1.165, 1.54) is 30.5 Å². The Labute approximate surface area is 158 Å². The van der Waals surface area contributed by atoms with Gasteiger partial charge in [0.05, 0.1) is 29.8 Å². The molecule has 2 fully saturated rings. The number of hydrogen-bond acceptors (Lipinski definition) is 3. The minimum absolute atomic E-state index is 0.204. The van der Waals surface area contributed by atoms with Gasteiger partial charge in [-0.05, 0) is 73.4 Å². The average Bonchev–Trinajstić information content (AvgIpc) is 3.44. The highest BCUT2D eigenvalue weighted by atomic mass is 19.1. The number of aliphatic hydroxyl groups is 1. The molecule has 0 spiro atoms. The topological polar surface area (TPSA) is 40.8 Å². The molecule has 3 heterocycles. The van der Waals surface area contributed by atoms with Crippen molar-refractivity contribution in [3.8, 4) is 0 Å². The highest BCUT2D eigenvalue weighted by Crippen LogP contribution is 2.45. The molecule has 1 aliphatic carbocycles. The molecular weight excluding hydrogens is 341 g/mol. The van der Waals surface area contributed by atoms with Crippen molar-refractivity contribution in [3.63, 3.8) is 0 Å². The summed E-state index contributed by atoms with van der Waals surface area (Å²) in [6.45, 7) is 1.76. The quantitative estimate of drug-likeness (QED) is 0.749. The molecule has 1 aromatic carbocycles. The SMILES string of the molecule is O[C@H](c1c(C2CC2)ccc2cncn12)C1CCN(c2ccc(F)cc2)CC1. The van der Waals surface area contributed by atoms with Gasteiger partial charge in [-0.2, -0.15) is 0 Å². The minimum atomic E-state index is -0.478. The van der Waals surface area contributed by atoms with Gasteiger partial charge in [0.15, 0.2) is 0 Å². The van der Waals surface area contributed by atoms with E-state index in [-0.39, 0.29) is 11.7 Å². The first-order chi connectivity index (χ1) is 13.2. The van der Waals surface area contributed by atoms with Crippen molar-refractivity contribution in [2.75, 3.05) is 18.0 Å². The maximum absolute atomic E-state index is 13.2. The number of pyridine rings is 1. The molecule has 0 radical (unpaired) electrons. The zero-order valence-corrected chi connectivity index (χ0v) is 15.3. The zero-order chi connectivity index (χ0) is 18.4. The Kier molecular flexibility index (Phi) is 4.12. The number of benzene rings is 1. The summed E-state index contributed by atoms with van der Waals surface area (Å²) in [6, 6.07) is 11.0. The molecule has 2 aliphatic rings. The van der Waals surface area contributed by atoms with E-state index in [4.69, 9.17) is 0 Å². The van der Waals surface area contributed by atoms with Gasteiger partial charge >= 0.3 is 0 Å². The summed E-state index contributed by atoms with van der Waals surface area (Å²) in [4.78, 5) is 6.56. The van der Waals surface area contributed by atoms with Crippen LogP contribution in [0.5, 0.6) is 0 Å². The molecule has 4 nitrogen and oxygen atoms in total. The molecule has 27 heavy (non-hydrogen) atoms. The first-order valence-electron chi connectivity index (χ1n) is 9.84. The number of aliphatic hydroxyl groups excluding tert-OH is 1. The molecule has 0 bridgehead atoms. The van der Waals surface area contributed by atoms with Crippen LogP contribution in [-0.4, -0.2) is 27.6 Å². The Bertz CT molecular complexity index is 940. The van der Waals surface area contributed by atoms with Crippen LogP contribution in [0, 0.1) is 11.7 Å². The van der Waals surface area contributed by atoms with Crippen LogP contribution >= 0.6 is 0 Å². The predicted octanol–water partition coefficient (Wildman–Crippen LogP) is 4.30. The zero-order valence-electron chi connectivity index (χ0n) is 15.3. The van der Waals surface area contributed by atoms with Gasteiger partial charge in [0.1, 0.15) is 5.82 Å². The maximum Gasteiger partial charge on any atom is 0.123 e. The highest BCUT2D eigenvalue weighted by molar-refractivity contribution is 5.50. The van der Waals surface area contributed by atoms with Crippen molar-refractivity contribution in [1.29, 1.82) is 0 Å². The summed E-state index contributed by atoms with van der Waals surface area (Å²) in [6.07, 6.45) is 7.47. The number of fused-ring (bicyclic) bond motifs is 1. The van der Waals surface area contributed by atoms with Gasteiger partial charge in [0.25, 0.3) is 0 Å². The number of hydrogen-bond donors (Lipinski definition) is 1. The minimum Gasteiger partial charge on any atom is -0.387 e. The van der Waals surface area contributed by atoms with E-state index in [0.717, 1.165) is 42.8 Å². The van der Waals surface area contributed by atoms with Crippen LogP contribution in [0.3, 0.4) is 0 Å². The standard InChI is InChI=1S/C22H24FN3O/c23-17-3-5-18(6-4-17)25-11-9-16(10-12-25)22(27)21-20(15-1-2-15)8-7-19-13-24-14-26(19)21/h3-8,13-16,22,27H,1-2,9-12H2/t22-/m0/s1. The summed E-state index contributed by atoms with van der Waals surface area (Å²) in [5.74, 6) is 0.609. The molecule has 140 valence electrons. The molecule has 1 N–H and O–H groups in total. The lowest BCUT2D eigenvalue weighted by atomic mass is 9.87. The van der Waals surface area contributed by atoms with Gasteiger partial charge in [-0.3, -0.25) is 0 Å². The molecule has 3 aromatic rings. The fourth-order valence-corrected chi connectivity index (χ4v) is 4.43. The number of nitrogens with zero attached hydrogens (tertiary/aromatic N) is 3. The van der Waals surface area contributed by atoms with Crippen LogP contribution in [0.4, 0.5) is 10.1 Å². The average molecular weight is 365 g/mol. The van der Waals surface area contributed by atoms with E-state index in [1.807, 2.05) is 24.7 Å². The number of rotatable bonds is 4. The second-order valence-corrected chi connectivity index (χ2v) is 7.88. The van der Waals surface area contributed by atoms with Crippen LogP contribution in [-0.2, 0) is 0 Å². The van der Waals surface area contributed by atoms with Gasteiger partial charge in [-0.1, -0.05) is 6.07 Å². The molecular formula is C22H24FN3O. The summed E-state index contributed by atoms with van der Waals surface area (Å²) in [5, 5.41) is 11.3. The van der Waals surface area contributed by atoms with Gasteiger partial charge in [0, 0.05) is 18.8 Å². The largest absolute Gasteiger partial charge is 0.387 e. The summed E-state index contributed by atoms with van der Waals surface area (Å²) in [5.41, 5.74) is 4.42. The fraction of sp³-hybridized carbons (Fsp3) is 0.409. The normalized spacial score (nSPS) is 19.6. The van der Waals surface area contributed by atoms with Crippen molar-refractivity contribution in [1.82, 2.24) is 9.38 Å². The molecule has 5 heteroatoms. The monoisotopic (exact) mass is 365 g/mol. The molecule has 1 atom stereocenters. The van der Waals surface area contributed by atoms with Crippen molar-refractivity contribution in [3.05, 3.63) is 66.0 Å². The Hall–Kier alpha value is -2.40. The molecule has 5 rings (SSSR count). The van der Waals surface area contributed by atoms with E-state index < -0.39 is 6.10 Å². The van der Waals surface area contributed by atoms with Gasteiger partial charge in [-0.25, -0.2) is 9.37 Å². The van der Waals surface area contributed by atoms with Crippen LogP contribution in [0.25, 0.3) is 5.52 Å². The van der Waals surface area contributed by atoms with Gasteiger partial charge in [-0.15, -0.1) is 0 Å². The van der Waals surface area contributed by atoms with Crippen LogP contribution in [0.2, 0.25) is 0 Å². The Morgan fingerprint density at radius 1 is 1.00 bits per heavy atom. The van der Waals surface area contributed by atoms with E-state index in [2.05, 4.69) is 26.4 Å². The second kappa shape index (κ2) is 6.64. The van der Waals surface area contributed by atoms with E-state index in [1.54, 1.807) is 0 Å². The fourth-order valence-electron chi connectivity index (χ4n) is 4.43. The molecule has 0 unspecified atom stereocenters. The van der Waals surface area contributed by atoms with Crippen molar-refractivity contribution in [2.24, 2.45) is 5.92 Å². The van der Waals surface area contributed by atoms with Gasteiger partial charge in [0.2, 0.25) is 0 Å². The number of aromatic nitrogens is 2. The molecule has 2 aromatic heterocycles. The lowest BCUT2D eigenvalue weighted by Gasteiger charge is -2.36. The number of halogens is 1. The number of anilines is 1. The lowest BCUT2D eigenvalue weighted by Crippen LogP contribution is -2.36. The van der Waals surface area contributed by atoms with E-state index >= 15 is 0 Å². The Balaban J connectivity index is 1.37. The third-order valence-electron chi connectivity index (χ3n) is 6.13. The highest BCUT2D eigenvalue weighted by Gasteiger charge is 2.34. The Morgan fingerprint density at radius 3 is 2.44 bits per heavy atom. The van der Waals surface area contributed by atoms with E-state index in [0.29, 0.717) is 5.92 Å². The maximum atomic E-state index is 13.2. The molecule has 0 amide bonds. The van der Waals surface area contributed by atoms with Crippen molar-refractivity contribution < 1.29 is 9.50 Å².